The summed E-state index contributed by atoms with van der Waals surface area (Å²) in [5.41, 5.74) is 0.513. The third kappa shape index (κ3) is 3.92. The van der Waals surface area contributed by atoms with Gasteiger partial charge in [-0.15, -0.1) is 11.3 Å². The molecule has 0 atom stereocenters. The molecule has 158 valence electrons. The summed E-state index contributed by atoms with van der Waals surface area (Å²) in [5, 5.41) is 1.78. The number of hydrogen-bond donors (Lipinski definition) is 0. The second-order valence-corrected chi connectivity index (χ2v) is 8.73. The Hall–Kier alpha value is -2.87. The topological polar surface area (TPSA) is 73.5 Å². The van der Waals surface area contributed by atoms with E-state index in [4.69, 9.17) is 4.74 Å². The van der Waals surface area contributed by atoms with Gasteiger partial charge in [0.2, 0.25) is 5.91 Å². The van der Waals surface area contributed by atoms with Crippen LogP contribution in [0.15, 0.2) is 45.3 Å². The summed E-state index contributed by atoms with van der Waals surface area (Å²) in [5.74, 6) is 1.20. The summed E-state index contributed by atoms with van der Waals surface area (Å²) in [6.07, 6.45) is 1.95. The van der Waals surface area contributed by atoms with Gasteiger partial charge in [0.25, 0.3) is 5.56 Å². The maximum absolute atomic E-state index is 13.3. The lowest BCUT2D eigenvalue weighted by Crippen LogP contribution is -2.45. The number of methoxy groups -OCH3 is 1. The van der Waals surface area contributed by atoms with Crippen LogP contribution in [0.3, 0.4) is 0 Å². The first-order valence-electron chi connectivity index (χ1n) is 10.1. The zero-order valence-electron chi connectivity index (χ0n) is 17.2. The van der Waals surface area contributed by atoms with Gasteiger partial charge in [-0.25, -0.2) is 4.79 Å². The molecule has 8 heteroatoms. The molecule has 7 nitrogen and oxygen atoms in total. The Morgan fingerprint density at radius 3 is 2.67 bits per heavy atom. The van der Waals surface area contributed by atoms with Crippen molar-refractivity contribution >= 4 is 27.5 Å². The fourth-order valence-corrected chi connectivity index (χ4v) is 4.72. The molecule has 0 spiro atoms. The van der Waals surface area contributed by atoms with Crippen molar-refractivity contribution in [2.45, 2.75) is 32.9 Å². The van der Waals surface area contributed by atoms with Crippen molar-refractivity contribution in [3.05, 3.63) is 62.1 Å². The first-order valence-corrected chi connectivity index (χ1v) is 11.0. The summed E-state index contributed by atoms with van der Waals surface area (Å²) in [6, 6.07) is 9.02. The molecule has 0 saturated carbocycles. The van der Waals surface area contributed by atoms with E-state index in [1.54, 1.807) is 24.6 Å². The zero-order valence-corrected chi connectivity index (χ0v) is 18.0. The second kappa shape index (κ2) is 8.47. The Labute approximate surface area is 178 Å². The summed E-state index contributed by atoms with van der Waals surface area (Å²) in [4.78, 5) is 41.0. The number of amides is 1. The van der Waals surface area contributed by atoms with E-state index >= 15 is 0 Å². The molecule has 3 aromatic rings. The van der Waals surface area contributed by atoms with E-state index in [0.717, 1.165) is 18.4 Å². The molecular weight excluding hydrogens is 402 g/mol. The summed E-state index contributed by atoms with van der Waals surface area (Å²) in [6.45, 7) is 3.68. The number of benzene rings is 1. The van der Waals surface area contributed by atoms with Gasteiger partial charge in [-0.2, -0.15) is 0 Å². The van der Waals surface area contributed by atoms with Gasteiger partial charge in [0.1, 0.15) is 17.0 Å². The summed E-state index contributed by atoms with van der Waals surface area (Å²) >= 11 is 1.29. The molecule has 0 N–H and O–H groups in total. The van der Waals surface area contributed by atoms with Gasteiger partial charge in [-0.1, -0.05) is 19.1 Å². The highest BCUT2D eigenvalue weighted by Crippen LogP contribution is 2.19. The first kappa shape index (κ1) is 20.4. The quantitative estimate of drug-likeness (QED) is 0.627. The standard InChI is InChI=1S/C22H25N3O4S/c1-15-6-9-23(10-7-15)19(26)14-24-18-8-11-30-20(18)21(27)25(22(24)28)13-16-4-3-5-17(12-16)29-2/h3-5,8,11-12,15H,6-7,9-10,13-14H2,1-2H3. The molecule has 1 amide bonds. The van der Waals surface area contributed by atoms with Crippen molar-refractivity contribution in [2.24, 2.45) is 5.92 Å². The Morgan fingerprint density at radius 2 is 1.93 bits per heavy atom. The molecule has 0 aliphatic carbocycles. The van der Waals surface area contributed by atoms with Crippen molar-refractivity contribution in [3.8, 4) is 5.75 Å². The van der Waals surface area contributed by atoms with Gasteiger partial charge in [0.15, 0.2) is 0 Å². The van der Waals surface area contributed by atoms with Crippen LogP contribution in [0.25, 0.3) is 10.2 Å². The van der Waals surface area contributed by atoms with Gasteiger partial charge >= 0.3 is 5.69 Å². The maximum atomic E-state index is 13.3. The van der Waals surface area contributed by atoms with Crippen LogP contribution in [-0.4, -0.2) is 40.1 Å². The number of likely N-dealkylation sites (tertiary alicyclic amines) is 1. The normalized spacial score (nSPS) is 14.9. The third-order valence-corrected chi connectivity index (χ3v) is 6.63. The van der Waals surface area contributed by atoms with E-state index in [2.05, 4.69) is 6.92 Å². The average Bonchev–Trinajstić information content (AvgIpc) is 3.24. The molecular formula is C22H25N3O4S. The van der Waals surface area contributed by atoms with Crippen LogP contribution < -0.4 is 16.0 Å². The van der Waals surface area contributed by atoms with Crippen molar-refractivity contribution < 1.29 is 9.53 Å². The third-order valence-electron chi connectivity index (χ3n) is 5.74. The number of ether oxygens (including phenoxy) is 1. The largest absolute Gasteiger partial charge is 0.497 e. The minimum Gasteiger partial charge on any atom is -0.497 e. The van der Waals surface area contributed by atoms with Crippen LogP contribution in [-0.2, 0) is 17.9 Å². The van der Waals surface area contributed by atoms with E-state index in [9.17, 15) is 14.4 Å². The van der Waals surface area contributed by atoms with Crippen LogP contribution in [0.5, 0.6) is 5.75 Å². The van der Waals surface area contributed by atoms with Crippen molar-refractivity contribution in [3.63, 3.8) is 0 Å². The SMILES string of the molecule is COc1cccc(Cn2c(=O)c3sccc3n(CC(=O)N3CCC(C)CC3)c2=O)c1. The number of piperidine rings is 1. The molecule has 1 fully saturated rings. The van der Waals surface area contributed by atoms with Gasteiger partial charge in [-0.05, 0) is 47.9 Å². The highest BCUT2D eigenvalue weighted by atomic mass is 32.1. The van der Waals surface area contributed by atoms with E-state index in [1.165, 1.54) is 20.5 Å². The molecule has 1 aromatic carbocycles. The number of thiophene rings is 1. The van der Waals surface area contributed by atoms with Crippen molar-refractivity contribution in [2.75, 3.05) is 20.2 Å². The average molecular weight is 428 g/mol. The molecule has 2 aromatic heterocycles. The Balaban J connectivity index is 1.71. The van der Waals surface area contributed by atoms with Gasteiger partial charge in [0.05, 0.1) is 19.2 Å². The molecule has 1 saturated heterocycles. The fourth-order valence-electron chi connectivity index (χ4n) is 3.87. The number of rotatable bonds is 5. The van der Waals surface area contributed by atoms with Crippen molar-refractivity contribution in [1.29, 1.82) is 0 Å². The number of nitrogens with zero attached hydrogens (tertiary/aromatic N) is 3. The number of hydrogen-bond acceptors (Lipinski definition) is 5. The Bertz CT molecular complexity index is 1190. The van der Waals surface area contributed by atoms with E-state index in [0.29, 0.717) is 35.0 Å². The highest BCUT2D eigenvalue weighted by Gasteiger charge is 2.23. The molecule has 1 aliphatic heterocycles. The van der Waals surface area contributed by atoms with Gasteiger partial charge in [0, 0.05) is 13.1 Å². The van der Waals surface area contributed by atoms with Crippen LogP contribution in [0, 0.1) is 5.92 Å². The molecule has 4 rings (SSSR count). The predicted octanol–water partition coefficient (Wildman–Crippen LogP) is 2.54. The minimum absolute atomic E-state index is 0.0567. The predicted molar refractivity (Wildman–Crippen MR) is 117 cm³/mol. The van der Waals surface area contributed by atoms with Crippen LogP contribution >= 0.6 is 11.3 Å². The summed E-state index contributed by atoms with van der Waals surface area (Å²) < 4.78 is 8.37. The van der Waals surface area contributed by atoms with Gasteiger partial charge < -0.3 is 9.64 Å². The summed E-state index contributed by atoms with van der Waals surface area (Å²) in [7, 11) is 1.57. The number of aromatic nitrogens is 2. The van der Waals surface area contributed by atoms with Crippen LogP contribution in [0.2, 0.25) is 0 Å². The second-order valence-electron chi connectivity index (χ2n) is 7.81. The van der Waals surface area contributed by atoms with E-state index in [-0.39, 0.29) is 24.6 Å². The van der Waals surface area contributed by atoms with Crippen LogP contribution in [0.1, 0.15) is 25.3 Å². The molecule has 0 unspecified atom stereocenters. The number of carbonyl (C=O) groups excluding carboxylic acids is 1. The van der Waals surface area contributed by atoms with E-state index in [1.807, 2.05) is 23.1 Å². The lowest BCUT2D eigenvalue weighted by atomic mass is 9.99. The lowest BCUT2D eigenvalue weighted by Gasteiger charge is -2.30. The fraction of sp³-hybridized carbons (Fsp3) is 0.409. The number of fused-ring (bicyclic) bond motifs is 1. The van der Waals surface area contributed by atoms with E-state index < -0.39 is 5.69 Å². The zero-order chi connectivity index (χ0) is 21.3. The Morgan fingerprint density at radius 1 is 1.17 bits per heavy atom. The smallest absolute Gasteiger partial charge is 0.332 e. The molecule has 0 bridgehead atoms. The van der Waals surface area contributed by atoms with Crippen molar-refractivity contribution in [1.82, 2.24) is 14.0 Å². The monoisotopic (exact) mass is 427 g/mol. The number of carbonyl (C=O) groups is 1. The Kier molecular flexibility index (Phi) is 5.76. The molecule has 30 heavy (non-hydrogen) atoms. The molecule has 0 radical (unpaired) electrons. The first-order chi connectivity index (χ1) is 14.5. The van der Waals surface area contributed by atoms with Gasteiger partial charge in [-0.3, -0.25) is 18.7 Å². The van der Waals surface area contributed by atoms with Crippen LogP contribution in [0.4, 0.5) is 0 Å². The lowest BCUT2D eigenvalue weighted by molar-refractivity contribution is -0.133. The highest BCUT2D eigenvalue weighted by molar-refractivity contribution is 7.17. The minimum atomic E-state index is -0.465. The molecule has 3 heterocycles. The maximum Gasteiger partial charge on any atom is 0.332 e. The molecule has 1 aliphatic rings.